The van der Waals surface area contributed by atoms with Crippen LogP contribution in [0.25, 0.3) is 0 Å². The highest BCUT2D eigenvalue weighted by atomic mass is 19.1. The minimum atomic E-state index is -0.388. The Morgan fingerprint density at radius 1 is 1.05 bits per heavy atom. The lowest BCUT2D eigenvalue weighted by molar-refractivity contribution is 0.102. The molecule has 0 aromatic heterocycles. The van der Waals surface area contributed by atoms with Crippen molar-refractivity contribution in [1.29, 1.82) is 0 Å². The fourth-order valence-corrected chi connectivity index (χ4v) is 1.94. The number of carbonyl (C=O) groups is 1. The van der Waals surface area contributed by atoms with E-state index in [1.807, 2.05) is 6.92 Å². The molecule has 0 saturated carbocycles. The number of rotatable bonds is 4. The Hall–Kier alpha value is -2.56. The molecule has 2 aromatic rings. The maximum atomic E-state index is 12.9. The van der Waals surface area contributed by atoms with Gasteiger partial charge < -0.3 is 14.8 Å². The maximum absolute atomic E-state index is 12.9. The molecular formula is C16H16FNO3. The van der Waals surface area contributed by atoms with Gasteiger partial charge in [-0.15, -0.1) is 0 Å². The average Bonchev–Trinajstić information content (AvgIpc) is 2.49. The van der Waals surface area contributed by atoms with Crippen LogP contribution in [0.4, 0.5) is 10.1 Å². The minimum Gasteiger partial charge on any atom is -0.496 e. The Morgan fingerprint density at radius 2 is 1.67 bits per heavy atom. The largest absolute Gasteiger partial charge is 0.496 e. The monoisotopic (exact) mass is 289 g/mol. The Morgan fingerprint density at radius 3 is 2.24 bits per heavy atom. The van der Waals surface area contributed by atoms with E-state index in [9.17, 15) is 9.18 Å². The van der Waals surface area contributed by atoms with E-state index in [-0.39, 0.29) is 11.7 Å². The van der Waals surface area contributed by atoms with Gasteiger partial charge in [0, 0.05) is 11.6 Å². The van der Waals surface area contributed by atoms with Crippen molar-refractivity contribution in [3.05, 3.63) is 53.3 Å². The molecule has 0 aliphatic heterocycles. The van der Waals surface area contributed by atoms with Crippen LogP contribution >= 0.6 is 0 Å². The van der Waals surface area contributed by atoms with E-state index >= 15 is 0 Å². The van der Waals surface area contributed by atoms with Crippen LogP contribution in [0.5, 0.6) is 11.5 Å². The van der Waals surface area contributed by atoms with Crippen LogP contribution in [0, 0.1) is 12.7 Å². The summed E-state index contributed by atoms with van der Waals surface area (Å²) in [6.45, 7) is 1.88. The molecule has 1 N–H and O–H groups in total. The predicted molar refractivity (Wildman–Crippen MR) is 78.6 cm³/mol. The number of hydrogen-bond acceptors (Lipinski definition) is 3. The molecular weight excluding hydrogens is 273 g/mol. The highest BCUT2D eigenvalue weighted by Gasteiger charge is 2.13. The average molecular weight is 289 g/mol. The summed E-state index contributed by atoms with van der Waals surface area (Å²) in [7, 11) is 3.08. The smallest absolute Gasteiger partial charge is 0.255 e. The van der Waals surface area contributed by atoms with Crippen LogP contribution in [0.1, 0.15) is 15.9 Å². The number of anilines is 1. The number of benzene rings is 2. The standard InChI is InChI=1S/C16H16FNO3/c1-10-8-15(21-3)13(9-14(10)20-2)18-16(19)11-4-6-12(17)7-5-11/h4-9H,1-3H3,(H,18,19). The summed E-state index contributed by atoms with van der Waals surface area (Å²) < 4.78 is 23.4. The third-order valence-electron chi connectivity index (χ3n) is 3.07. The van der Waals surface area contributed by atoms with E-state index in [0.29, 0.717) is 22.7 Å². The van der Waals surface area contributed by atoms with Crippen molar-refractivity contribution >= 4 is 11.6 Å². The summed E-state index contributed by atoms with van der Waals surface area (Å²) >= 11 is 0. The van der Waals surface area contributed by atoms with Gasteiger partial charge in [0.25, 0.3) is 5.91 Å². The van der Waals surface area contributed by atoms with Gasteiger partial charge in [-0.2, -0.15) is 0 Å². The Bertz CT molecular complexity index is 653. The molecule has 21 heavy (non-hydrogen) atoms. The van der Waals surface area contributed by atoms with Crippen LogP contribution in [-0.4, -0.2) is 20.1 Å². The number of methoxy groups -OCH3 is 2. The summed E-state index contributed by atoms with van der Waals surface area (Å²) in [5.41, 5.74) is 1.75. The van der Waals surface area contributed by atoms with Crippen LogP contribution in [0.15, 0.2) is 36.4 Å². The number of halogens is 1. The lowest BCUT2D eigenvalue weighted by Crippen LogP contribution is -2.13. The molecule has 1 amide bonds. The van der Waals surface area contributed by atoms with Crippen molar-refractivity contribution in [1.82, 2.24) is 0 Å². The van der Waals surface area contributed by atoms with E-state index in [0.717, 1.165) is 5.56 Å². The van der Waals surface area contributed by atoms with Gasteiger partial charge in [-0.3, -0.25) is 4.79 Å². The Balaban J connectivity index is 2.29. The first-order chi connectivity index (χ1) is 10.0. The number of nitrogens with one attached hydrogen (secondary N) is 1. The van der Waals surface area contributed by atoms with Crippen molar-refractivity contribution in [3.8, 4) is 11.5 Å². The molecule has 5 heteroatoms. The second-order valence-corrected chi connectivity index (χ2v) is 4.48. The van der Waals surface area contributed by atoms with Crippen LogP contribution in [-0.2, 0) is 0 Å². The van der Waals surface area contributed by atoms with E-state index in [1.54, 1.807) is 19.2 Å². The summed E-state index contributed by atoms with van der Waals surface area (Å²) in [6.07, 6.45) is 0. The molecule has 2 rings (SSSR count). The molecule has 0 aliphatic rings. The molecule has 0 atom stereocenters. The van der Waals surface area contributed by atoms with Gasteiger partial charge >= 0.3 is 0 Å². The topological polar surface area (TPSA) is 47.6 Å². The van der Waals surface area contributed by atoms with Gasteiger partial charge in [-0.05, 0) is 42.8 Å². The molecule has 0 heterocycles. The van der Waals surface area contributed by atoms with Crippen molar-refractivity contribution in [2.45, 2.75) is 6.92 Å². The van der Waals surface area contributed by atoms with E-state index < -0.39 is 0 Å². The van der Waals surface area contributed by atoms with Gasteiger partial charge in [0.05, 0.1) is 19.9 Å². The number of ether oxygens (including phenoxy) is 2. The van der Waals surface area contributed by atoms with Crippen molar-refractivity contribution in [2.75, 3.05) is 19.5 Å². The van der Waals surface area contributed by atoms with Gasteiger partial charge in [0.15, 0.2) is 0 Å². The summed E-state index contributed by atoms with van der Waals surface area (Å²) in [5, 5.41) is 2.73. The van der Waals surface area contributed by atoms with Crippen LogP contribution in [0.2, 0.25) is 0 Å². The quantitative estimate of drug-likeness (QED) is 0.938. The predicted octanol–water partition coefficient (Wildman–Crippen LogP) is 3.40. The lowest BCUT2D eigenvalue weighted by Gasteiger charge is -2.14. The maximum Gasteiger partial charge on any atom is 0.255 e. The SMILES string of the molecule is COc1cc(NC(=O)c2ccc(F)cc2)c(OC)cc1C. The molecule has 0 bridgehead atoms. The Kier molecular flexibility index (Phi) is 4.42. The second kappa shape index (κ2) is 6.26. The fourth-order valence-electron chi connectivity index (χ4n) is 1.94. The minimum absolute atomic E-state index is 0.348. The molecule has 110 valence electrons. The molecule has 2 aromatic carbocycles. The number of aryl methyl sites for hydroxylation is 1. The molecule has 0 radical (unpaired) electrons. The van der Waals surface area contributed by atoms with Crippen molar-refractivity contribution < 1.29 is 18.7 Å². The first-order valence-electron chi connectivity index (χ1n) is 6.34. The van der Waals surface area contributed by atoms with Crippen molar-refractivity contribution in [3.63, 3.8) is 0 Å². The van der Waals surface area contributed by atoms with Crippen molar-refractivity contribution in [2.24, 2.45) is 0 Å². The second-order valence-electron chi connectivity index (χ2n) is 4.48. The van der Waals surface area contributed by atoms with E-state index in [1.165, 1.54) is 31.4 Å². The molecule has 0 saturated heterocycles. The van der Waals surface area contributed by atoms with Gasteiger partial charge in [-0.25, -0.2) is 4.39 Å². The first kappa shape index (κ1) is 14.8. The molecule has 0 spiro atoms. The van der Waals surface area contributed by atoms with Gasteiger partial charge in [-0.1, -0.05) is 0 Å². The first-order valence-corrected chi connectivity index (χ1v) is 6.34. The van der Waals surface area contributed by atoms with Crippen LogP contribution in [0.3, 0.4) is 0 Å². The highest BCUT2D eigenvalue weighted by Crippen LogP contribution is 2.32. The van der Waals surface area contributed by atoms with Gasteiger partial charge in [0.2, 0.25) is 0 Å². The lowest BCUT2D eigenvalue weighted by atomic mass is 10.1. The summed E-state index contributed by atoms with van der Waals surface area (Å²) in [6, 6.07) is 8.78. The van der Waals surface area contributed by atoms with Crippen LogP contribution < -0.4 is 14.8 Å². The molecule has 4 nitrogen and oxygen atoms in total. The van der Waals surface area contributed by atoms with E-state index in [4.69, 9.17) is 9.47 Å². The third kappa shape index (κ3) is 3.31. The fraction of sp³-hybridized carbons (Fsp3) is 0.188. The summed E-state index contributed by atoms with van der Waals surface area (Å²) in [5.74, 6) is 0.439. The normalized spacial score (nSPS) is 10.1. The number of amides is 1. The zero-order valence-corrected chi connectivity index (χ0v) is 12.1. The summed E-state index contributed by atoms with van der Waals surface area (Å²) in [4.78, 5) is 12.1. The van der Waals surface area contributed by atoms with Gasteiger partial charge in [0.1, 0.15) is 17.3 Å². The number of hydrogen-bond donors (Lipinski definition) is 1. The zero-order valence-electron chi connectivity index (χ0n) is 12.1. The highest BCUT2D eigenvalue weighted by molar-refractivity contribution is 6.05. The Labute approximate surface area is 122 Å². The molecule has 0 fully saturated rings. The zero-order chi connectivity index (χ0) is 15.4. The van der Waals surface area contributed by atoms with E-state index in [2.05, 4.69) is 5.32 Å². The molecule has 0 aliphatic carbocycles. The number of carbonyl (C=O) groups excluding carboxylic acids is 1. The third-order valence-corrected chi connectivity index (χ3v) is 3.07. The molecule has 0 unspecified atom stereocenters.